The van der Waals surface area contributed by atoms with E-state index in [-0.39, 0.29) is 6.61 Å². The van der Waals surface area contributed by atoms with Crippen LogP contribution < -0.4 is 10.1 Å². The summed E-state index contributed by atoms with van der Waals surface area (Å²) in [6.45, 7) is 5.01. The van der Waals surface area contributed by atoms with Crippen molar-refractivity contribution in [2.75, 3.05) is 19.8 Å². The van der Waals surface area contributed by atoms with E-state index in [1.165, 1.54) is 37.7 Å². The number of hydrogen-bond acceptors (Lipinski definition) is 3. The highest BCUT2D eigenvalue weighted by Gasteiger charge is 1.96. The lowest BCUT2D eigenvalue weighted by molar-refractivity contribution is 0.286. The molecule has 3 nitrogen and oxygen atoms in total. The normalized spacial score (nSPS) is 10.8. The van der Waals surface area contributed by atoms with Crippen LogP contribution in [0, 0.1) is 0 Å². The molecule has 120 valence electrons. The summed E-state index contributed by atoms with van der Waals surface area (Å²) in [5.74, 6) is 0.961. The van der Waals surface area contributed by atoms with Crippen LogP contribution >= 0.6 is 0 Å². The average molecular weight is 293 g/mol. The van der Waals surface area contributed by atoms with Crippen molar-refractivity contribution in [2.24, 2.45) is 0 Å². The summed E-state index contributed by atoms with van der Waals surface area (Å²) in [4.78, 5) is 0. The molecule has 0 aliphatic heterocycles. The molecule has 0 unspecified atom stereocenters. The van der Waals surface area contributed by atoms with Gasteiger partial charge < -0.3 is 15.2 Å². The first-order chi connectivity index (χ1) is 10.4. The molecule has 0 heterocycles. The van der Waals surface area contributed by atoms with Crippen LogP contribution in [0.3, 0.4) is 0 Å². The summed E-state index contributed by atoms with van der Waals surface area (Å²) in [6, 6.07) is 8.28. The summed E-state index contributed by atoms with van der Waals surface area (Å²) in [6.07, 6.45) is 8.57. The van der Waals surface area contributed by atoms with E-state index in [4.69, 9.17) is 9.84 Å². The van der Waals surface area contributed by atoms with Crippen molar-refractivity contribution in [1.29, 1.82) is 0 Å². The van der Waals surface area contributed by atoms with E-state index in [9.17, 15) is 0 Å². The van der Waals surface area contributed by atoms with Crippen LogP contribution in [0.15, 0.2) is 24.3 Å². The zero-order chi connectivity index (χ0) is 15.2. The van der Waals surface area contributed by atoms with Gasteiger partial charge >= 0.3 is 0 Å². The maximum absolute atomic E-state index is 8.71. The van der Waals surface area contributed by atoms with E-state index in [1.807, 2.05) is 12.1 Å². The Bertz CT molecular complexity index is 338. The van der Waals surface area contributed by atoms with Crippen molar-refractivity contribution >= 4 is 0 Å². The van der Waals surface area contributed by atoms with Crippen molar-refractivity contribution in [3.05, 3.63) is 29.8 Å². The third-order valence-corrected chi connectivity index (χ3v) is 3.53. The third kappa shape index (κ3) is 9.48. The Labute approximate surface area is 129 Å². The second-order valence-corrected chi connectivity index (χ2v) is 5.51. The van der Waals surface area contributed by atoms with Crippen LogP contribution in [-0.2, 0) is 6.54 Å². The predicted octanol–water partition coefficient (Wildman–Crippen LogP) is 3.90. The zero-order valence-electron chi connectivity index (χ0n) is 13.4. The van der Waals surface area contributed by atoms with E-state index in [1.54, 1.807) is 0 Å². The number of nitrogens with one attached hydrogen (secondary N) is 1. The minimum Gasteiger partial charge on any atom is -0.494 e. The van der Waals surface area contributed by atoms with Gasteiger partial charge in [0.1, 0.15) is 5.75 Å². The second-order valence-electron chi connectivity index (χ2n) is 5.51. The Morgan fingerprint density at radius 3 is 2.38 bits per heavy atom. The molecule has 2 N–H and O–H groups in total. The van der Waals surface area contributed by atoms with Gasteiger partial charge in [-0.1, -0.05) is 51.2 Å². The molecule has 0 radical (unpaired) electrons. The molecule has 0 atom stereocenters. The van der Waals surface area contributed by atoms with E-state index in [2.05, 4.69) is 24.4 Å². The van der Waals surface area contributed by atoms with Gasteiger partial charge in [0.25, 0.3) is 0 Å². The highest BCUT2D eigenvalue weighted by atomic mass is 16.5. The fourth-order valence-corrected chi connectivity index (χ4v) is 2.21. The standard InChI is InChI=1S/C18H31NO2/c1-2-3-4-5-6-7-15-21-18-11-9-17(10-12-18)16-19-13-8-14-20/h9-12,19-20H,2-8,13-16H2,1H3. The molecule has 0 bridgehead atoms. The highest BCUT2D eigenvalue weighted by Crippen LogP contribution is 2.13. The molecule has 1 aromatic rings. The molecule has 3 heteroatoms. The quantitative estimate of drug-likeness (QED) is 0.542. The molecule has 21 heavy (non-hydrogen) atoms. The maximum Gasteiger partial charge on any atom is 0.119 e. The molecule has 0 aliphatic rings. The van der Waals surface area contributed by atoms with Crippen molar-refractivity contribution in [3.63, 3.8) is 0 Å². The van der Waals surface area contributed by atoms with Gasteiger partial charge in [-0.2, -0.15) is 0 Å². The first kappa shape index (κ1) is 18.0. The minimum absolute atomic E-state index is 0.248. The van der Waals surface area contributed by atoms with Gasteiger partial charge in [0, 0.05) is 13.2 Å². The first-order valence-corrected chi connectivity index (χ1v) is 8.40. The lowest BCUT2D eigenvalue weighted by Crippen LogP contribution is -2.15. The molecule has 0 aromatic heterocycles. The van der Waals surface area contributed by atoms with Crippen LogP contribution in [0.5, 0.6) is 5.75 Å². The number of unbranched alkanes of at least 4 members (excludes halogenated alkanes) is 5. The molecule has 0 aliphatic carbocycles. The minimum atomic E-state index is 0.248. The van der Waals surface area contributed by atoms with Crippen molar-refractivity contribution < 1.29 is 9.84 Å². The smallest absolute Gasteiger partial charge is 0.119 e. The van der Waals surface area contributed by atoms with Gasteiger partial charge in [0.05, 0.1) is 6.61 Å². The summed E-state index contributed by atoms with van der Waals surface area (Å²) in [7, 11) is 0. The lowest BCUT2D eigenvalue weighted by atomic mass is 10.1. The first-order valence-electron chi connectivity index (χ1n) is 8.40. The molecule has 0 amide bonds. The zero-order valence-corrected chi connectivity index (χ0v) is 13.4. The van der Waals surface area contributed by atoms with Crippen LogP contribution in [0.2, 0.25) is 0 Å². The lowest BCUT2D eigenvalue weighted by Gasteiger charge is -2.08. The monoisotopic (exact) mass is 293 g/mol. The molecule has 0 saturated carbocycles. The van der Waals surface area contributed by atoms with Crippen LogP contribution in [0.25, 0.3) is 0 Å². The number of aliphatic hydroxyl groups is 1. The van der Waals surface area contributed by atoms with E-state index in [0.29, 0.717) is 0 Å². The maximum atomic E-state index is 8.71. The Balaban J connectivity index is 2.07. The van der Waals surface area contributed by atoms with Gasteiger partial charge in [0.2, 0.25) is 0 Å². The second kappa shape index (κ2) is 12.7. The van der Waals surface area contributed by atoms with Gasteiger partial charge in [0.15, 0.2) is 0 Å². The summed E-state index contributed by atoms with van der Waals surface area (Å²) in [5, 5.41) is 12.0. The number of rotatable bonds is 13. The van der Waals surface area contributed by atoms with Crippen LogP contribution in [0.4, 0.5) is 0 Å². The summed E-state index contributed by atoms with van der Waals surface area (Å²) >= 11 is 0. The predicted molar refractivity (Wildman–Crippen MR) is 88.7 cm³/mol. The molecule has 1 rings (SSSR count). The largest absolute Gasteiger partial charge is 0.494 e. The van der Waals surface area contributed by atoms with E-state index >= 15 is 0 Å². The molecule has 0 spiro atoms. The molecular formula is C18H31NO2. The Kier molecular flexibility index (Phi) is 10.8. The topological polar surface area (TPSA) is 41.5 Å². The fraction of sp³-hybridized carbons (Fsp3) is 0.667. The molecular weight excluding hydrogens is 262 g/mol. The molecule has 1 aromatic carbocycles. The Hall–Kier alpha value is -1.06. The van der Waals surface area contributed by atoms with Gasteiger partial charge in [-0.25, -0.2) is 0 Å². The number of aliphatic hydroxyl groups excluding tert-OH is 1. The SMILES string of the molecule is CCCCCCCCOc1ccc(CNCCCO)cc1. The van der Waals surface area contributed by atoms with Crippen molar-refractivity contribution in [3.8, 4) is 5.75 Å². The fourth-order valence-electron chi connectivity index (χ4n) is 2.21. The van der Waals surface area contributed by atoms with E-state index < -0.39 is 0 Å². The van der Waals surface area contributed by atoms with Gasteiger partial charge in [-0.15, -0.1) is 0 Å². The Morgan fingerprint density at radius 1 is 0.952 bits per heavy atom. The number of hydrogen-bond donors (Lipinski definition) is 2. The van der Waals surface area contributed by atoms with Crippen LogP contribution in [0.1, 0.15) is 57.4 Å². The number of ether oxygens (including phenoxy) is 1. The van der Waals surface area contributed by atoms with Crippen LogP contribution in [-0.4, -0.2) is 24.9 Å². The average Bonchev–Trinajstić information content (AvgIpc) is 2.52. The summed E-state index contributed by atoms with van der Waals surface area (Å²) in [5.41, 5.74) is 1.25. The summed E-state index contributed by atoms with van der Waals surface area (Å²) < 4.78 is 5.76. The number of benzene rings is 1. The van der Waals surface area contributed by atoms with E-state index in [0.717, 1.165) is 38.3 Å². The molecule has 0 fully saturated rings. The van der Waals surface area contributed by atoms with Gasteiger partial charge in [-0.05, 0) is 37.1 Å². The van der Waals surface area contributed by atoms with Crippen molar-refractivity contribution in [1.82, 2.24) is 5.32 Å². The van der Waals surface area contributed by atoms with Crippen molar-refractivity contribution in [2.45, 2.75) is 58.4 Å². The molecule has 0 saturated heterocycles. The van der Waals surface area contributed by atoms with Gasteiger partial charge in [-0.3, -0.25) is 0 Å². The third-order valence-electron chi connectivity index (χ3n) is 3.53. The Morgan fingerprint density at radius 2 is 1.67 bits per heavy atom. The highest BCUT2D eigenvalue weighted by molar-refractivity contribution is 5.27.